The Balaban J connectivity index is 2.08. The van der Waals surface area contributed by atoms with Crippen LogP contribution in [0.4, 0.5) is 5.69 Å². The number of hydrogen-bond acceptors (Lipinski definition) is 4. The van der Waals surface area contributed by atoms with Gasteiger partial charge in [-0.05, 0) is 31.7 Å². The first-order valence-corrected chi connectivity index (χ1v) is 5.42. The number of nitrogens with one attached hydrogen (secondary N) is 2. The number of aromatic nitrogens is 1. The standard InChI is InChI=1S/C11H16N4O/c1-7-4-10(15-12)9(6-13-7)11(16)14-5-8-2-3-8/h4,6,8H,2-3,5,12H2,1H3,(H,13,15)(H,14,16). The fourth-order valence-corrected chi connectivity index (χ4v) is 1.51. The molecular weight excluding hydrogens is 204 g/mol. The highest BCUT2D eigenvalue weighted by atomic mass is 16.1. The number of rotatable bonds is 4. The predicted octanol–water partition coefficient (Wildman–Crippen LogP) is 0.815. The van der Waals surface area contributed by atoms with Crippen LogP contribution < -0.4 is 16.6 Å². The summed E-state index contributed by atoms with van der Waals surface area (Å²) >= 11 is 0. The minimum absolute atomic E-state index is 0.118. The van der Waals surface area contributed by atoms with Gasteiger partial charge in [0, 0.05) is 18.4 Å². The molecule has 0 saturated heterocycles. The second-order valence-corrected chi connectivity index (χ2v) is 4.17. The third kappa shape index (κ3) is 2.49. The number of nitrogens with two attached hydrogens (primary N) is 1. The van der Waals surface area contributed by atoms with Crippen LogP contribution in [0.1, 0.15) is 28.9 Å². The lowest BCUT2D eigenvalue weighted by Crippen LogP contribution is -2.27. The van der Waals surface area contributed by atoms with E-state index >= 15 is 0 Å². The second kappa shape index (κ2) is 4.49. The van der Waals surface area contributed by atoms with Crippen LogP contribution in [-0.2, 0) is 0 Å². The van der Waals surface area contributed by atoms with Crippen LogP contribution in [0.2, 0.25) is 0 Å². The third-order valence-corrected chi connectivity index (χ3v) is 2.69. The first kappa shape index (κ1) is 10.9. The first-order valence-electron chi connectivity index (χ1n) is 5.42. The molecule has 0 aromatic carbocycles. The number of nitrogen functional groups attached to an aromatic ring is 1. The summed E-state index contributed by atoms with van der Waals surface area (Å²) in [6.45, 7) is 2.60. The lowest BCUT2D eigenvalue weighted by Gasteiger charge is -2.09. The van der Waals surface area contributed by atoms with Crippen LogP contribution >= 0.6 is 0 Å². The monoisotopic (exact) mass is 220 g/mol. The molecule has 1 aromatic rings. The zero-order valence-electron chi connectivity index (χ0n) is 9.29. The number of anilines is 1. The Kier molecular flexibility index (Phi) is 3.05. The molecule has 1 aliphatic rings. The van der Waals surface area contributed by atoms with Crippen molar-refractivity contribution in [2.45, 2.75) is 19.8 Å². The van der Waals surface area contributed by atoms with Crippen molar-refractivity contribution >= 4 is 11.6 Å². The highest BCUT2D eigenvalue weighted by molar-refractivity contribution is 5.99. The van der Waals surface area contributed by atoms with E-state index in [9.17, 15) is 4.79 Å². The predicted molar refractivity (Wildman–Crippen MR) is 61.8 cm³/mol. The van der Waals surface area contributed by atoms with E-state index in [-0.39, 0.29) is 5.91 Å². The van der Waals surface area contributed by atoms with Crippen LogP contribution in [0, 0.1) is 12.8 Å². The minimum atomic E-state index is -0.118. The molecule has 1 aromatic heterocycles. The molecule has 1 saturated carbocycles. The van der Waals surface area contributed by atoms with Crippen molar-refractivity contribution in [2.24, 2.45) is 11.8 Å². The van der Waals surface area contributed by atoms with Crippen molar-refractivity contribution in [3.63, 3.8) is 0 Å². The number of hydrogen-bond donors (Lipinski definition) is 3. The molecule has 0 bridgehead atoms. The van der Waals surface area contributed by atoms with Gasteiger partial charge in [0.25, 0.3) is 5.91 Å². The van der Waals surface area contributed by atoms with Crippen LogP contribution in [0.25, 0.3) is 0 Å². The summed E-state index contributed by atoms with van der Waals surface area (Å²) in [4.78, 5) is 15.9. The maximum absolute atomic E-state index is 11.8. The maximum atomic E-state index is 11.8. The van der Waals surface area contributed by atoms with Crippen LogP contribution in [-0.4, -0.2) is 17.4 Å². The highest BCUT2D eigenvalue weighted by Crippen LogP contribution is 2.27. The lowest BCUT2D eigenvalue weighted by atomic mass is 10.2. The zero-order valence-corrected chi connectivity index (χ0v) is 9.29. The SMILES string of the molecule is Cc1cc(NN)c(C(=O)NCC2CC2)cn1. The van der Waals surface area contributed by atoms with Gasteiger partial charge in [-0.1, -0.05) is 0 Å². The molecule has 2 rings (SSSR count). The molecule has 16 heavy (non-hydrogen) atoms. The summed E-state index contributed by atoms with van der Waals surface area (Å²) in [7, 11) is 0. The second-order valence-electron chi connectivity index (χ2n) is 4.17. The van der Waals surface area contributed by atoms with Gasteiger partial charge in [0.05, 0.1) is 11.3 Å². The molecule has 4 N–H and O–H groups in total. The van der Waals surface area contributed by atoms with E-state index < -0.39 is 0 Å². The Bertz CT molecular complexity index is 401. The van der Waals surface area contributed by atoms with E-state index in [2.05, 4.69) is 15.7 Å². The van der Waals surface area contributed by atoms with E-state index in [1.54, 1.807) is 12.3 Å². The van der Waals surface area contributed by atoms with Gasteiger partial charge in [-0.3, -0.25) is 15.6 Å². The van der Waals surface area contributed by atoms with Crippen molar-refractivity contribution in [1.29, 1.82) is 0 Å². The number of hydrazine groups is 1. The van der Waals surface area contributed by atoms with Gasteiger partial charge in [0.2, 0.25) is 0 Å². The third-order valence-electron chi connectivity index (χ3n) is 2.69. The molecule has 1 heterocycles. The normalized spacial score (nSPS) is 14.6. The Morgan fingerprint density at radius 1 is 1.62 bits per heavy atom. The molecule has 5 nitrogen and oxygen atoms in total. The lowest BCUT2D eigenvalue weighted by molar-refractivity contribution is 0.0952. The van der Waals surface area contributed by atoms with E-state index in [1.807, 2.05) is 6.92 Å². The average Bonchev–Trinajstić information content (AvgIpc) is 3.09. The van der Waals surface area contributed by atoms with Crippen molar-refractivity contribution in [1.82, 2.24) is 10.3 Å². The molecule has 1 fully saturated rings. The molecule has 0 radical (unpaired) electrons. The van der Waals surface area contributed by atoms with Crippen molar-refractivity contribution in [2.75, 3.05) is 12.0 Å². The topological polar surface area (TPSA) is 80.0 Å². The average molecular weight is 220 g/mol. The van der Waals surface area contributed by atoms with Gasteiger partial charge in [-0.2, -0.15) is 0 Å². The van der Waals surface area contributed by atoms with Gasteiger partial charge in [-0.25, -0.2) is 0 Å². The summed E-state index contributed by atoms with van der Waals surface area (Å²) in [5.41, 5.74) is 4.45. The van der Waals surface area contributed by atoms with E-state index in [1.165, 1.54) is 12.8 Å². The summed E-state index contributed by atoms with van der Waals surface area (Å²) in [5.74, 6) is 5.91. The molecule has 5 heteroatoms. The van der Waals surface area contributed by atoms with Gasteiger partial charge < -0.3 is 10.7 Å². The zero-order chi connectivity index (χ0) is 11.5. The number of amides is 1. The van der Waals surface area contributed by atoms with Crippen molar-refractivity contribution in [3.05, 3.63) is 23.5 Å². The van der Waals surface area contributed by atoms with Crippen molar-refractivity contribution in [3.8, 4) is 0 Å². The largest absolute Gasteiger partial charge is 0.352 e. The van der Waals surface area contributed by atoms with Gasteiger partial charge in [-0.15, -0.1) is 0 Å². The van der Waals surface area contributed by atoms with E-state index in [4.69, 9.17) is 5.84 Å². The Morgan fingerprint density at radius 2 is 2.38 bits per heavy atom. The van der Waals surface area contributed by atoms with Gasteiger partial charge in [0.1, 0.15) is 0 Å². The summed E-state index contributed by atoms with van der Waals surface area (Å²) < 4.78 is 0. The molecule has 0 unspecified atom stereocenters. The maximum Gasteiger partial charge on any atom is 0.255 e. The van der Waals surface area contributed by atoms with E-state index in [0.717, 1.165) is 12.2 Å². The molecule has 0 spiro atoms. The summed E-state index contributed by atoms with van der Waals surface area (Å²) in [6, 6.07) is 1.76. The van der Waals surface area contributed by atoms with E-state index in [0.29, 0.717) is 17.2 Å². The number of carbonyl (C=O) groups excluding carboxylic acids is 1. The minimum Gasteiger partial charge on any atom is -0.352 e. The Hall–Kier alpha value is -1.62. The highest BCUT2D eigenvalue weighted by Gasteiger charge is 2.22. The molecular formula is C11H16N4O. The number of pyridine rings is 1. The number of aryl methyl sites for hydroxylation is 1. The molecule has 86 valence electrons. The smallest absolute Gasteiger partial charge is 0.255 e. The van der Waals surface area contributed by atoms with Gasteiger partial charge >= 0.3 is 0 Å². The fraction of sp³-hybridized carbons (Fsp3) is 0.455. The molecule has 0 atom stereocenters. The Labute approximate surface area is 94.4 Å². The van der Waals surface area contributed by atoms with Crippen LogP contribution in [0.15, 0.2) is 12.3 Å². The number of nitrogens with zero attached hydrogens (tertiary/aromatic N) is 1. The summed E-state index contributed by atoms with van der Waals surface area (Å²) in [6.07, 6.45) is 3.98. The number of carbonyl (C=O) groups is 1. The molecule has 1 aliphatic carbocycles. The Morgan fingerprint density at radius 3 is 3.00 bits per heavy atom. The quantitative estimate of drug-likeness (QED) is 0.518. The van der Waals surface area contributed by atoms with Crippen LogP contribution in [0.5, 0.6) is 0 Å². The van der Waals surface area contributed by atoms with Crippen LogP contribution in [0.3, 0.4) is 0 Å². The van der Waals surface area contributed by atoms with Gasteiger partial charge in [0.15, 0.2) is 0 Å². The molecule has 1 amide bonds. The first-order chi connectivity index (χ1) is 7.70. The molecule has 0 aliphatic heterocycles. The fourth-order valence-electron chi connectivity index (χ4n) is 1.51. The summed E-state index contributed by atoms with van der Waals surface area (Å²) in [5, 5.41) is 2.88. The van der Waals surface area contributed by atoms with Crippen molar-refractivity contribution < 1.29 is 4.79 Å².